The van der Waals surface area contributed by atoms with Gasteiger partial charge in [0.05, 0.1) is 6.07 Å². The first-order valence-corrected chi connectivity index (χ1v) is 8.45. The third-order valence-corrected chi connectivity index (χ3v) is 4.50. The molecule has 1 aliphatic carbocycles. The van der Waals surface area contributed by atoms with Gasteiger partial charge in [-0.2, -0.15) is 0 Å². The Hall–Kier alpha value is -3.16. The Morgan fingerprint density at radius 3 is 2.58 bits per heavy atom. The molecule has 0 radical (unpaired) electrons. The second-order valence-electron chi connectivity index (χ2n) is 6.34. The maximum Gasteiger partial charge on any atom is 0.434 e. The molecule has 1 saturated carbocycles. The molecule has 136 valence electrons. The average molecular weight is 357 g/mol. The van der Waals surface area contributed by atoms with Gasteiger partial charge in [-0.15, -0.1) is 0 Å². The monoisotopic (exact) mass is 357 g/mol. The van der Waals surface area contributed by atoms with Crippen LogP contribution in [0.15, 0.2) is 34.7 Å². The third kappa shape index (κ3) is 3.74. The van der Waals surface area contributed by atoms with Crippen molar-refractivity contribution in [2.24, 2.45) is 5.73 Å². The molecule has 1 fully saturated rings. The summed E-state index contributed by atoms with van der Waals surface area (Å²) in [4.78, 5) is 34.2. The molecule has 1 aromatic carbocycles. The molecule has 8 nitrogen and oxygen atoms in total. The molecule has 3 N–H and O–H groups in total. The van der Waals surface area contributed by atoms with E-state index in [1.807, 2.05) is 0 Å². The number of nitrogens with two attached hydrogens (primary N) is 1. The number of nitro groups is 1. The molecule has 0 aliphatic heterocycles. The molecule has 0 atom stereocenters. The van der Waals surface area contributed by atoms with E-state index < -0.39 is 16.7 Å². The molecule has 8 heteroatoms. The number of carbonyl (C=O) groups excluding carboxylic acids is 2. The number of benzene rings is 1. The molecule has 0 spiro atoms. The molecular formula is C18H19N3O5. The molecule has 0 saturated heterocycles. The maximum atomic E-state index is 12.5. The highest BCUT2D eigenvalue weighted by Gasteiger charge is 2.24. The summed E-state index contributed by atoms with van der Waals surface area (Å²) in [6, 6.07) is 7.81. The number of nitrogens with one attached hydrogen (secondary N) is 1. The van der Waals surface area contributed by atoms with Gasteiger partial charge in [-0.05, 0) is 30.5 Å². The normalized spacial score (nSPS) is 14.8. The summed E-state index contributed by atoms with van der Waals surface area (Å²) in [5.74, 6) is -2.00. The van der Waals surface area contributed by atoms with Gasteiger partial charge in [0.2, 0.25) is 5.76 Å². The van der Waals surface area contributed by atoms with Crippen molar-refractivity contribution >= 4 is 17.7 Å². The molecule has 2 aromatic rings. The van der Waals surface area contributed by atoms with Crippen molar-refractivity contribution < 1.29 is 18.9 Å². The number of nitrogens with zero attached hydrogens (tertiary/aromatic N) is 1. The van der Waals surface area contributed by atoms with Crippen molar-refractivity contribution in [2.75, 3.05) is 0 Å². The van der Waals surface area contributed by atoms with Crippen molar-refractivity contribution in [3.63, 3.8) is 0 Å². The number of carbonyl (C=O) groups is 2. The van der Waals surface area contributed by atoms with Crippen molar-refractivity contribution in [3.05, 3.63) is 51.8 Å². The fraction of sp³-hybridized carbons (Fsp3) is 0.333. The minimum Gasteiger partial charge on any atom is -0.395 e. The van der Waals surface area contributed by atoms with Crippen LogP contribution < -0.4 is 11.1 Å². The van der Waals surface area contributed by atoms with E-state index in [1.165, 1.54) is 6.42 Å². The Labute approximate surface area is 149 Å². The Kier molecular flexibility index (Phi) is 5.01. The molecule has 1 aliphatic rings. The van der Waals surface area contributed by atoms with Crippen molar-refractivity contribution in [3.8, 4) is 11.1 Å². The van der Waals surface area contributed by atoms with Crippen LogP contribution in [0.3, 0.4) is 0 Å². The number of rotatable bonds is 5. The Morgan fingerprint density at radius 1 is 1.19 bits per heavy atom. The summed E-state index contributed by atoms with van der Waals surface area (Å²) in [5, 5.41) is 13.9. The second-order valence-corrected chi connectivity index (χ2v) is 6.34. The second kappa shape index (κ2) is 7.38. The lowest BCUT2D eigenvalue weighted by molar-refractivity contribution is -0.402. The average Bonchev–Trinajstić information content (AvgIpc) is 3.09. The minimum atomic E-state index is -0.912. The molecule has 3 rings (SSSR count). The molecule has 0 unspecified atom stereocenters. The Balaban J connectivity index is 1.88. The maximum absolute atomic E-state index is 12.5. The highest BCUT2D eigenvalue weighted by molar-refractivity contribution is 5.99. The highest BCUT2D eigenvalue weighted by Crippen LogP contribution is 2.31. The van der Waals surface area contributed by atoms with E-state index in [1.54, 1.807) is 24.3 Å². The molecule has 26 heavy (non-hydrogen) atoms. The van der Waals surface area contributed by atoms with Crippen LogP contribution in [0.1, 0.15) is 53.0 Å². The largest absolute Gasteiger partial charge is 0.434 e. The summed E-state index contributed by atoms with van der Waals surface area (Å²) in [7, 11) is 0. The van der Waals surface area contributed by atoms with Crippen molar-refractivity contribution in [1.29, 1.82) is 0 Å². The lowest BCUT2D eigenvalue weighted by Crippen LogP contribution is -2.36. The van der Waals surface area contributed by atoms with Gasteiger partial charge >= 0.3 is 5.88 Å². The van der Waals surface area contributed by atoms with Gasteiger partial charge in [-0.25, -0.2) is 0 Å². The van der Waals surface area contributed by atoms with Crippen LogP contribution in [-0.2, 0) is 0 Å². The van der Waals surface area contributed by atoms with Gasteiger partial charge in [0.1, 0.15) is 4.92 Å². The summed E-state index contributed by atoms with van der Waals surface area (Å²) in [5.41, 5.74) is 6.30. The number of amides is 2. The number of hydrogen-bond acceptors (Lipinski definition) is 5. The van der Waals surface area contributed by atoms with Crippen LogP contribution in [-0.4, -0.2) is 22.8 Å². The quantitative estimate of drug-likeness (QED) is 0.628. The zero-order valence-electron chi connectivity index (χ0n) is 14.1. The van der Waals surface area contributed by atoms with E-state index in [0.717, 1.165) is 31.7 Å². The number of primary amides is 1. The van der Waals surface area contributed by atoms with E-state index in [0.29, 0.717) is 11.1 Å². The lowest BCUT2D eigenvalue weighted by atomic mass is 9.95. The van der Waals surface area contributed by atoms with Crippen LogP contribution in [0, 0.1) is 10.1 Å². The van der Waals surface area contributed by atoms with Gasteiger partial charge in [0, 0.05) is 17.2 Å². The molecule has 0 bridgehead atoms. The highest BCUT2D eigenvalue weighted by atomic mass is 16.6. The van der Waals surface area contributed by atoms with Gasteiger partial charge < -0.3 is 15.5 Å². The SMILES string of the molecule is NC(=O)c1oc([N+](=O)[O-])cc1-c1cccc(C(=O)NC2CCCCC2)c1. The number of furan rings is 1. The summed E-state index contributed by atoms with van der Waals surface area (Å²) in [6.45, 7) is 0. The summed E-state index contributed by atoms with van der Waals surface area (Å²) >= 11 is 0. The Bertz CT molecular complexity index is 852. The zero-order chi connectivity index (χ0) is 18.7. The first-order chi connectivity index (χ1) is 12.5. The fourth-order valence-electron chi connectivity index (χ4n) is 3.21. The predicted octanol–water partition coefficient (Wildman–Crippen LogP) is 3.02. The topological polar surface area (TPSA) is 128 Å². The summed E-state index contributed by atoms with van der Waals surface area (Å²) in [6.07, 6.45) is 5.32. The minimum absolute atomic E-state index is 0.163. The number of hydrogen-bond donors (Lipinski definition) is 2. The van der Waals surface area contributed by atoms with E-state index >= 15 is 0 Å². The molecular weight excluding hydrogens is 338 g/mol. The van der Waals surface area contributed by atoms with Crippen LogP contribution in [0.5, 0.6) is 0 Å². The van der Waals surface area contributed by atoms with Gasteiger partial charge in [0.15, 0.2) is 0 Å². The first-order valence-electron chi connectivity index (χ1n) is 8.45. The lowest BCUT2D eigenvalue weighted by Gasteiger charge is -2.22. The molecule has 1 aromatic heterocycles. The van der Waals surface area contributed by atoms with E-state index in [9.17, 15) is 19.7 Å². The van der Waals surface area contributed by atoms with Crippen molar-refractivity contribution in [2.45, 2.75) is 38.1 Å². The van der Waals surface area contributed by atoms with E-state index in [-0.39, 0.29) is 23.3 Å². The predicted molar refractivity (Wildman–Crippen MR) is 93.7 cm³/mol. The van der Waals surface area contributed by atoms with Gasteiger partial charge in [-0.1, -0.05) is 31.4 Å². The van der Waals surface area contributed by atoms with E-state index in [2.05, 4.69) is 5.32 Å². The molecule has 1 heterocycles. The van der Waals surface area contributed by atoms with Crippen LogP contribution in [0.25, 0.3) is 11.1 Å². The summed E-state index contributed by atoms with van der Waals surface area (Å²) < 4.78 is 4.94. The Morgan fingerprint density at radius 2 is 1.92 bits per heavy atom. The van der Waals surface area contributed by atoms with Gasteiger partial charge in [-0.3, -0.25) is 19.7 Å². The smallest absolute Gasteiger partial charge is 0.395 e. The molecule has 2 amide bonds. The standard InChI is InChI=1S/C18H19N3O5/c19-17(22)16-14(10-15(26-16)21(24)25)11-5-4-6-12(9-11)18(23)20-13-7-2-1-3-8-13/h4-6,9-10,13H,1-3,7-8H2,(H2,19,22)(H,20,23). The van der Waals surface area contributed by atoms with E-state index in [4.69, 9.17) is 10.2 Å². The first kappa shape index (κ1) is 17.7. The van der Waals surface area contributed by atoms with Crippen LogP contribution in [0.2, 0.25) is 0 Å². The van der Waals surface area contributed by atoms with Gasteiger partial charge in [0.25, 0.3) is 11.8 Å². The van der Waals surface area contributed by atoms with Crippen LogP contribution in [0.4, 0.5) is 5.88 Å². The zero-order valence-corrected chi connectivity index (χ0v) is 14.1. The fourth-order valence-corrected chi connectivity index (χ4v) is 3.21. The third-order valence-electron chi connectivity index (χ3n) is 4.50. The van der Waals surface area contributed by atoms with Crippen LogP contribution >= 0.6 is 0 Å². The van der Waals surface area contributed by atoms with Crippen molar-refractivity contribution in [1.82, 2.24) is 5.32 Å².